The van der Waals surface area contributed by atoms with E-state index in [1.54, 1.807) is 18.1 Å². The molecule has 8 atom stereocenters. The van der Waals surface area contributed by atoms with Crippen LogP contribution in [0.3, 0.4) is 0 Å². The highest BCUT2D eigenvalue weighted by Crippen LogP contribution is 2.76. The van der Waals surface area contributed by atoms with E-state index in [1.165, 1.54) is 57.8 Å². The van der Waals surface area contributed by atoms with Crippen molar-refractivity contribution in [2.45, 2.75) is 126 Å². The summed E-state index contributed by atoms with van der Waals surface area (Å²) in [5, 5.41) is 10.7. The van der Waals surface area contributed by atoms with Gasteiger partial charge in [-0.05, 0) is 104 Å². The van der Waals surface area contributed by atoms with Gasteiger partial charge >= 0.3 is 5.97 Å². The molecule has 3 heteroatoms. The zero-order valence-corrected chi connectivity index (χ0v) is 23.9. The molecule has 0 saturated heterocycles. The normalized spacial score (nSPS) is 48.6. The number of carbonyl (C=O) groups is 1. The predicted octanol–water partition coefficient (Wildman–Crippen LogP) is 7.71. The van der Waals surface area contributed by atoms with E-state index in [2.05, 4.69) is 48.5 Å². The van der Waals surface area contributed by atoms with Gasteiger partial charge in [-0.2, -0.15) is 0 Å². The summed E-state index contributed by atoms with van der Waals surface area (Å²) in [6, 6.07) is 0. The topological polar surface area (TPSA) is 46.5 Å². The quantitative estimate of drug-likeness (QED) is 0.329. The monoisotopic (exact) mass is 484 g/mol. The number of esters is 1. The van der Waals surface area contributed by atoms with Crippen molar-refractivity contribution in [2.75, 3.05) is 6.61 Å². The second-order valence-corrected chi connectivity index (χ2v) is 15.1. The highest BCUT2D eigenvalue weighted by Gasteiger charge is 2.69. The summed E-state index contributed by atoms with van der Waals surface area (Å²) in [4.78, 5) is 11.9. The summed E-state index contributed by atoms with van der Waals surface area (Å²) in [5.74, 6) is 2.43. The molecule has 4 saturated carbocycles. The Bertz CT molecular complexity index is 916. The largest absolute Gasteiger partial charge is 0.462 e. The van der Waals surface area contributed by atoms with Crippen LogP contribution in [-0.2, 0) is 9.53 Å². The molecule has 198 valence electrons. The standard InChI is InChI=1S/C32H52O3/c1-20(2)22-11-16-32(19-33)18-17-30(7)23(27(22)32)9-10-25-29(6)14-13-26(35-21(3)34)28(4,5)24(29)12-15-31(25,30)8/h20,23-26,33H,9-19H2,1-8H3/t23-,24?,25-,26+,29+,30-,31-,32-/m1/s1. The van der Waals surface area contributed by atoms with Crippen LogP contribution < -0.4 is 0 Å². The molecule has 35 heavy (non-hydrogen) atoms. The number of fused-ring (bicyclic) bond motifs is 7. The number of rotatable bonds is 3. The molecule has 5 aliphatic carbocycles. The van der Waals surface area contributed by atoms with E-state index in [9.17, 15) is 9.90 Å². The third-order valence-electron chi connectivity index (χ3n) is 13.4. The summed E-state index contributed by atoms with van der Waals surface area (Å²) < 4.78 is 5.90. The van der Waals surface area contributed by atoms with Gasteiger partial charge in [-0.25, -0.2) is 0 Å². The van der Waals surface area contributed by atoms with Crippen LogP contribution in [0.25, 0.3) is 0 Å². The zero-order valence-electron chi connectivity index (χ0n) is 23.9. The molecule has 0 amide bonds. The molecular formula is C32H52O3. The first-order chi connectivity index (χ1) is 16.3. The molecule has 1 N–H and O–H groups in total. The van der Waals surface area contributed by atoms with Crippen LogP contribution in [0.15, 0.2) is 11.1 Å². The first-order valence-electron chi connectivity index (χ1n) is 14.8. The summed E-state index contributed by atoms with van der Waals surface area (Å²) in [6.07, 6.45) is 12.2. The van der Waals surface area contributed by atoms with Gasteiger partial charge in [-0.1, -0.05) is 59.6 Å². The molecule has 3 nitrogen and oxygen atoms in total. The smallest absolute Gasteiger partial charge is 0.302 e. The Morgan fingerprint density at radius 2 is 1.63 bits per heavy atom. The van der Waals surface area contributed by atoms with Gasteiger partial charge in [0.25, 0.3) is 0 Å². The molecule has 0 bridgehead atoms. The minimum Gasteiger partial charge on any atom is -0.462 e. The molecular weight excluding hydrogens is 432 g/mol. The molecule has 5 aliphatic rings. The first kappa shape index (κ1) is 25.8. The van der Waals surface area contributed by atoms with Crippen molar-refractivity contribution in [2.24, 2.45) is 50.7 Å². The lowest BCUT2D eigenvalue weighted by Crippen LogP contribution is -2.65. The summed E-state index contributed by atoms with van der Waals surface area (Å²) in [5.41, 5.74) is 4.43. The van der Waals surface area contributed by atoms with Crippen LogP contribution in [0, 0.1) is 50.7 Å². The zero-order chi connectivity index (χ0) is 25.6. The maximum Gasteiger partial charge on any atom is 0.302 e. The van der Waals surface area contributed by atoms with E-state index >= 15 is 0 Å². The highest BCUT2D eigenvalue weighted by molar-refractivity contribution is 5.66. The predicted molar refractivity (Wildman–Crippen MR) is 142 cm³/mol. The fourth-order valence-electron chi connectivity index (χ4n) is 11.4. The van der Waals surface area contributed by atoms with E-state index in [1.807, 2.05) is 0 Å². The van der Waals surface area contributed by atoms with Gasteiger partial charge in [0.1, 0.15) is 6.10 Å². The highest BCUT2D eigenvalue weighted by atomic mass is 16.5. The molecule has 0 spiro atoms. The van der Waals surface area contributed by atoms with Gasteiger partial charge in [-0.15, -0.1) is 0 Å². The number of aliphatic hydroxyl groups excluding tert-OH is 1. The first-order valence-corrected chi connectivity index (χ1v) is 14.8. The molecule has 0 aromatic carbocycles. The van der Waals surface area contributed by atoms with E-state index in [0.29, 0.717) is 40.6 Å². The molecule has 1 unspecified atom stereocenters. The van der Waals surface area contributed by atoms with Crippen LogP contribution in [0.1, 0.15) is 120 Å². The Morgan fingerprint density at radius 1 is 0.914 bits per heavy atom. The van der Waals surface area contributed by atoms with Crippen LogP contribution >= 0.6 is 0 Å². The number of aliphatic hydroxyl groups is 1. The lowest BCUT2D eigenvalue weighted by Gasteiger charge is -2.72. The lowest BCUT2D eigenvalue weighted by atomic mass is 9.33. The van der Waals surface area contributed by atoms with Gasteiger partial charge < -0.3 is 9.84 Å². The number of ether oxygens (including phenoxy) is 1. The molecule has 0 aromatic heterocycles. The van der Waals surface area contributed by atoms with Gasteiger partial charge in [0.15, 0.2) is 0 Å². The van der Waals surface area contributed by atoms with E-state index < -0.39 is 0 Å². The van der Waals surface area contributed by atoms with Crippen LogP contribution in [-0.4, -0.2) is 23.8 Å². The number of hydrogen-bond donors (Lipinski definition) is 1. The lowest BCUT2D eigenvalue weighted by molar-refractivity contribution is -0.233. The van der Waals surface area contributed by atoms with Crippen LogP contribution in [0.5, 0.6) is 0 Å². The summed E-state index contributed by atoms with van der Waals surface area (Å²) in [6.45, 7) is 19.4. The average Bonchev–Trinajstić information content (AvgIpc) is 3.16. The van der Waals surface area contributed by atoms with Crippen molar-refractivity contribution in [1.82, 2.24) is 0 Å². The minimum absolute atomic E-state index is 0.0230. The molecule has 4 fully saturated rings. The molecule has 0 aromatic rings. The maximum absolute atomic E-state index is 11.9. The molecule has 0 aliphatic heterocycles. The second-order valence-electron chi connectivity index (χ2n) is 15.1. The van der Waals surface area contributed by atoms with Crippen LogP contribution in [0.4, 0.5) is 0 Å². The Kier molecular flexibility index (Phi) is 5.96. The van der Waals surface area contributed by atoms with Crippen molar-refractivity contribution in [3.8, 4) is 0 Å². The summed E-state index contributed by atoms with van der Waals surface area (Å²) in [7, 11) is 0. The Labute approximate surface area is 214 Å². The van der Waals surface area contributed by atoms with E-state index in [4.69, 9.17) is 4.74 Å². The van der Waals surface area contributed by atoms with E-state index in [-0.39, 0.29) is 22.9 Å². The van der Waals surface area contributed by atoms with Crippen LogP contribution in [0.2, 0.25) is 0 Å². The molecule has 5 rings (SSSR count). The van der Waals surface area contributed by atoms with Crippen molar-refractivity contribution in [3.05, 3.63) is 11.1 Å². The average molecular weight is 485 g/mol. The van der Waals surface area contributed by atoms with Gasteiger partial charge in [-0.3, -0.25) is 4.79 Å². The summed E-state index contributed by atoms with van der Waals surface area (Å²) >= 11 is 0. The number of hydrogen-bond acceptors (Lipinski definition) is 3. The van der Waals surface area contributed by atoms with Crippen molar-refractivity contribution >= 4 is 5.97 Å². The third kappa shape index (κ3) is 3.28. The SMILES string of the molecule is CC(=O)O[C@H]1CC[C@@]2(C)C(CC[C@]3(C)[C@@H]2CC[C@@H]2C4=C(C(C)C)CC[C@]4(CO)CC[C@]23C)C1(C)C. The second kappa shape index (κ2) is 8.08. The Hall–Kier alpha value is -0.830. The van der Waals surface area contributed by atoms with Gasteiger partial charge in [0.05, 0.1) is 6.61 Å². The van der Waals surface area contributed by atoms with Crippen molar-refractivity contribution in [1.29, 1.82) is 0 Å². The third-order valence-corrected chi connectivity index (χ3v) is 13.4. The number of allylic oxidation sites excluding steroid dienone is 1. The maximum atomic E-state index is 11.9. The Morgan fingerprint density at radius 3 is 2.26 bits per heavy atom. The molecule has 0 radical (unpaired) electrons. The Balaban J connectivity index is 1.53. The number of carbonyl (C=O) groups excluding carboxylic acids is 1. The van der Waals surface area contributed by atoms with Crippen molar-refractivity contribution in [3.63, 3.8) is 0 Å². The minimum atomic E-state index is -0.124. The fourth-order valence-corrected chi connectivity index (χ4v) is 11.4. The fraction of sp³-hybridized carbons (Fsp3) is 0.906. The van der Waals surface area contributed by atoms with Crippen molar-refractivity contribution < 1.29 is 14.6 Å². The van der Waals surface area contributed by atoms with Gasteiger partial charge in [0, 0.05) is 17.8 Å². The molecule has 0 heterocycles. The van der Waals surface area contributed by atoms with Gasteiger partial charge in [0.2, 0.25) is 0 Å². The van der Waals surface area contributed by atoms with E-state index in [0.717, 1.165) is 12.3 Å².